The minimum atomic E-state index is 0.928. The molecule has 2 heterocycles. The Morgan fingerprint density at radius 2 is 2.00 bits per heavy atom. The van der Waals surface area contributed by atoms with Crippen LogP contribution in [0.2, 0.25) is 0 Å². The lowest BCUT2D eigenvalue weighted by Crippen LogP contribution is -2.06. The van der Waals surface area contributed by atoms with E-state index >= 15 is 0 Å². The SMILES string of the molecule is CCCNc1cc(-c2csc(C)c2)nc(CCC)n1. The van der Waals surface area contributed by atoms with Crippen LogP contribution in [-0.2, 0) is 6.42 Å². The second-order valence-corrected chi connectivity index (χ2v) is 5.79. The van der Waals surface area contributed by atoms with E-state index in [0.717, 1.165) is 43.1 Å². The summed E-state index contributed by atoms with van der Waals surface area (Å²) < 4.78 is 0. The van der Waals surface area contributed by atoms with Crippen LogP contribution in [0.3, 0.4) is 0 Å². The molecular weight excluding hydrogens is 254 g/mol. The predicted octanol–water partition coefficient (Wildman–Crippen LogP) is 4.29. The zero-order chi connectivity index (χ0) is 13.7. The van der Waals surface area contributed by atoms with Gasteiger partial charge < -0.3 is 5.32 Å². The van der Waals surface area contributed by atoms with Crippen molar-refractivity contribution in [1.29, 1.82) is 0 Å². The lowest BCUT2D eigenvalue weighted by atomic mass is 10.2. The van der Waals surface area contributed by atoms with Crippen LogP contribution in [0.15, 0.2) is 17.5 Å². The average molecular weight is 275 g/mol. The summed E-state index contributed by atoms with van der Waals surface area (Å²) in [4.78, 5) is 10.6. The van der Waals surface area contributed by atoms with E-state index in [-0.39, 0.29) is 0 Å². The third kappa shape index (κ3) is 3.77. The Morgan fingerprint density at radius 3 is 2.63 bits per heavy atom. The first-order chi connectivity index (χ1) is 9.22. The number of nitrogens with zero attached hydrogens (tertiary/aromatic N) is 2. The van der Waals surface area contributed by atoms with E-state index in [9.17, 15) is 0 Å². The molecule has 0 atom stereocenters. The molecule has 2 rings (SSSR count). The molecule has 0 spiro atoms. The number of thiophene rings is 1. The Kier molecular flexibility index (Phi) is 4.91. The summed E-state index contributed by atoms with van der Waals surface area (Å²) in [7, 11) is 0. The quantitative estimate of drug-likeness (QED) is 0.854. The van der Waals surface area contributed by atoms with Gasteiger partial charge in [-0.15, -0.1) is 11.3 Å². The summed E-state index contributed by atoms with van der Waals surface area (Å²) in [5, 5.41) is 5.53. The Hall–Kier alpha value is -1.42. The fraction of sp³-hybridized carbons (Fsp3) is 0.467. The summed E-state index contributed by atoms with van der Waals surface area (Å²) in [5.41, 5.74) is 2.23. The molecule has 4 heteroatoms. The highest BCUT2D eigenvalue weighted by Gasteiger charge is 2.07. The molecule has 0 aliphatic heterocycles. The number of aromatic nitrogens is 2. The minimum absolute atomic E-state index is 0.928. The molecule has 0 fully saturated rings. The van der Waals surface area contributed by atoms with E-state index in [4.69, 9.17) is 0 Å². The third-order valence-corrected chi connectivity index (χ3v) is 3.69. The standard InChI is InChI=1S/C15H21N3S/c1-4-6-14-17-13(12-8-11(3)19-10-12)9-15(18-14)16-7-5-2/h8-10H,4-7H2,1-3H3,(H,16,17,18). The van der Waals surface area contributed by atoms with Gasteiger partial charge in [-0.1, -0.05) is 13.8 Å². The molecule has 0 saturated heterocycles. The summed E-state index contributed by atoms with van der Waals surface area (Å²) in [6.07, 6.45) is 3.09. The molecule has 3 nitrogen and oxygen atoms in total. The van der Waals surface area contributed by atoms with Crippen LogP contribution >= 0.6 is 11.3 Å². The monoisotopic (exact) mass is 275 g/mol. The highest BCUT2D eigenvalue weighted by atomic mass is 32.1. The van der Waals surface area contributed by atoms with Gasteiger partial charge in [0.05, 0.1) is 5.69 Å². The Bertz CT molecular complexity index is 534. The largest absolute Gasteiger partial charge is 0.370 e. The minimum Gasteiger partial charge on any atom is -0.370 e. The maximum Gasteiger partial charge on any atom is 0.131 e. The van der Waals surface area contributed by atoms with E-state index in [2.05, 4.69) is 53.6 Å². The van der Waals surface area contributed by atoms with Crippen LogP contribution in [0, 0.1) is 6.92 Å². The average Bonchev–Trinajstić information content (AvgIpc) is 2.83. The summed E-state index contributed by atoms with van der Waals surface area (Å²) in [6.45, 7) is 7.39. The van der Waals surface area contributed by atoms with Crippen molar-refractivity contribution in [3.05, 3.63) is 28.2 Å². The lowest BCUT2D eigenvalue weighted by Gasteiger charge is -2.08. The summed E-state index contributed by atoms with van der Waals surface area (Å²) in [5.74, 6) is 1.88. The molecule has 102 valence electrons. The first-order valence-electron chi connectivity index (χ1n) is 6.90. The third-order valence-electron chi connectivity index (χ3n) is 2.83. The molecule has 0 saturated carbocycles. The first kappa shape index (κ1) is 14.0. The van der Waals surface area contributed by atoms with E-state index in [1.165, 1.54) is 10.4 Å². The molecule has 1 N–H and O–H groups in total. The fourth-order valence-corrected chi connectivity index (χ4v) is 2.60. The Morgan fingerprint density at radius 1 is 1.16 bits per heavy atom. The van der Waals surface area contributed by atoms with Crippen molar-refractivity contribution in [1.82, 2.24) is 9.97 Å². The lowest BCUT2D eigenvalue weighted by molar-refractivity contribution is 0.834. The molecule has 0 bridgehead atoms. The molecular formula is C15H21N3S. The maximum atomic E-state index is 4.67. The van der Waals surface area contributed by atoms with Crippen molar-refractivity contribution in [2.24, 2.45) is 0 Å². The predicted molar refractivity (Wildman–Crippen MR) is 82.9 cm³/mol. The first-order valence-corrected chi connectivity index (χ1v) is 7.78. The van der Waals surface area contributed by atoms with Gasteiger partial charge in [-0.2, -0.15) is 0 Å². The number of hydrogen-bond acceptors (Lipinski definition) is 4. The molecule has 0 radical (unpaired) electrons. The van der Waals surface area contributed by atoms with Crippen molar-refractivity contribution >= 4 is 17.2 Å². The smallest absolute Gasteiger partial charge is 0.131 e. The van der Waals surface area contributed by atoms with Crippen LogP contribution in [0.1, 0.15) is 37.4 Å². The summed E-state index contributed by atoms with van der Waals surface area (Å²) in [6, 6.07) is 4.24. The van der Waals surface area contributed by atoms with Gasteiger partial charge >= 0.3 is 0 Å². The van der Waals surface area contributed by atoms with Crippen molar-refractivity contribution in [3.8, 4) is 11.3 Å². The number of anilines is 1. The number of nitrogens with one attached hydrogen (secondary N) is 1. The van der Waals surface area contributed by atoms with Gasteiger partial charge in [-0.3, -0.25) is 0 Å². The molecule has 0 aliphatic carbocycles. The molecule has 0 amide bonds. The number of rotatable bonds is 6. The maximum absolute atomic E-state index is 4.67. The van der Waals surface area contributed by atoms with Crippen LogP contribution in [0.4, 0.5) is 5.82 Å². The van der Waals surface area contributed by atoms with Crippen molar-refractivity contribution in [2.45, 2.75) is 40.0 Å². The van der Waals surface area contributed by atoms with Gasteiger partial charge in [0.1, 0.15) is 11.6 Å². The molecule has 0 unspecified atom stereocenters. The Balaban J connectivity index is 2.33. The van der Waals surface area contributed by atoms with Crippen molar-refractivity contribution in [2.75, 3.05) is 11.9 Å². The second-order valence-electron chi connectivity index (χ2n) is 4.68. The number of aryl methyl sites for hydroxylation is 2. The van der Waals surface area contributed by atoms with Gasteiger partial charge in [0, 0.05) is 34.9 Å². The fourth-order valence-electron chi connectivity index (χ4n) is 1.90. The Labute approximate surface area is 119 Å². The van der Waals surface area contributed by atoms with Crippen LogP contribution in [-0.4, -0.2) is 16.5 Å². The van der Waals surface area contributed by atoms with Gasteiger partial charge in [0.15, 0.2) is 0 Å². The number of hydrogen-bond donors (Lipinski definition) is 1. The van der Waals surface area contributed by atoms with Crippen molar-refractivity contribution < 1.29 is 0 Å². The second kappa shape index (κ2) is 6.66. The van der Waals surface area contributed by atoms with E-state index in [0.29, 0.717) is 0 Å². The van der Waals surface area contributed by atoms with Crippen LogP contribution in [0.25, 0.3) is 11.3 Å². The van der Waals surface area contributed by atoms with E-state index in [1.807, 2.05) is 0 Å². The molecule has 2 aromatic heterocycles. The van der Waals surface area contributed by atoms with Gasteiger partial charge in [0.2, 0.25) is 0 Å². The topological polar surface area (TPSA) is 37.8 Å². The van der Waals surface area contributed by atoms with Crippen molar-refractivity contribution in [3.63, 3.8) is 0 Å². The van der Waals surface area contributed by atoms with Gasteiger partial charge in [-0.05, 0) is 25.8 Å². The molecule has 0 aliphatic rings. The molecule has 19 heavy (non-hydrogen) atoms. The molecule has 2 aromatic rings. The summed E-state index contributed by atoms with van der Waals surface area (Å²) >= 11 is 1.76. The normalized spacial score (nSPS) is 10.7. The zero-order valence-corrected chi connectivity index (χ0v) is 12.7. The van der Waals surface area contributed by atoms with Crippen LogP contribution < -0.4 is 5.32 Å². The highest BCUT2D eigenvalue weighted by molar-refractivity contribution is 7.10. The van der Waals surface area contributed by atoms with Gasteiger partial charge in [0.25, 0.3) is 0 Å². The van der Waals surface area contributed by atoms with Crippen LogP contribution in [0.5, 0.6) is 0 Å². The van der Waals surface area contributed by atoms with Gasteiger partial charge in [-0.25, -0.2) is 9.97 Å². The molecule has 0 aromatic carbocycles. The highest BCUT2D eigenvalue weighted by Crippen LogP contribution is 2.25. The van der Waals surface area contributed by atoms with E-state index in [1.54, 1.807) is 11.3 Å². The van der Waals surface area contributed by atoms with E-state index < -0.39 is 0 Å². The zero-order valence-electron chi connectivity index (χ0n) is 11.9.